The zero-order chi connectivity index (χ0) is 11.2. The molecule has 0 aromatic heterocycles. The minimum Gasteiger partial charge on any atom is -0.480 e. The van der Waals surface area contributed by atoms with Crippen molar-refractivity contribution in [3.8, 4) is 0 Å². The highest BCUT2D eigenvalue weighted by Gasteiger charge is 2.65. The molecular formula is C10H14O5. The summed E-state index contributed by atoms with van der Waals surface area (Å²) in [6.07, 6.45) is 0.396. The van der Waals surface area contributed by atoms with Crippen molar-refractivity contribution in [3.63, 3.8) is 0 Å². The van der Waals surface area contributed by atoms with Crippen molar-refractivity contribution < 1.29 is 24.5 Å². The summed E-state index contributed by atoms with van der Waals surface area (Å²) in [5, 5.41) is 18.2. The SMILES string of the molecule is CC1OC(=O)C2(C(=O)O)CC(CO)CC12. The Morgan fingerprint density at radius 1 is 1.67 bits per heavy atom. The molecule has 5 heteroatoms. The van der Waals surface area contributed by atoms with Crippen LogP contribution < -0.4 is 0 Å². The van der Waals surface area contributed by atoms with Crippen molar-refractivity contribution in [2.75, 3.05) is 6.61 Å². The van der Waals surface area contributed by atoms with E-state index in [0.29, 0.717) is 6.42 Å². The van der Waals surface area contributed by atoms with Gasteiger partial charge in [-0.1, -0.05) is 0 Å². The molecule has 0 aromatic carbocycles. The van der Waals surface area contributed by atoms with Crippen LogP contribution in [-0.4, -0.2) is 34.9 Å². The van der Waals surface area contributed by atoms with E-state index < -0.39 is 17.4 Å². The number of hydrogen-bond donors (Lipinski definition) is 2. The smallest absolute Gasteiger partial charge is 0.324 e. The Hall–Kier alpha value is -1.10. The molecule has 2 aliphatic rings. The lowest BCUT2D eigenvalue weighted by atomic mass is 9.78. The predicted molar refractivity (Wildman–Crippen MR) is 48.9 cm³/mol. The van der Waals surface area contributed by atoms with Gasteiger partial charge in [0.1, 0.15) is 6.10 Å². The molecule has 0 bridgehead atoms. The van der Waals surface area contributed by atoms with Gasteiger partial charge < -0.3 is 14.9 Å². The minimum absolute atomic E-state index is 0.0640. The van der Waals surface area contributed by atoms with Gasteiger partial charge in [-0.25, -0.2) is 0 Å². The summed E-state index contributed by atoms with van der Waals surface area (Å²) in [5.41, 5.74) is -1.40. The number of hydrogen-bond acceptors (Lipinski definition) is 4. The highest BCUT2D eigenvalue weighted by Crippen LogP contribution is 2.53. The standard InChI is InChI=1S/C10H14O5/c1-5-7-2-6(4-11)3-10(7,8(12)13)9(14)15-5/h5-7,11H,2-4H2,1H3,(H,12,13). The molecule has 4 unspecified atom stereocenters. The van der Waals surface area contributed by atoms with Crippen LogP contribution in [0.25, 0.3) is 0 Å². The molecule has 0 amide bonds. The number of cyclic esters (lactones) is 1. The zero-order valence-corrected chi connectivity index (χ0v) is 8.47. The number of carboxylic acid groups (broad SMARTS) is 1. The van der Waals surface area contributed by atoms with Crippen LogP contribution in [0.2, 0.25) is 0 Å². The van der Waals surface area contributed by atoms with E-state index in [1.807, 2.05) is 0 Å². The summed E-state index contributed by atoms with van der Waals surface area (Å²) < 4.78 is 4.98. The van der Waals surface area contributed by atoms with Crippen LogP contribution in [0.3, 0.4) is 0 Å². The molecule has 1 heterocycles. The molecule has 1 aliphatic carbocycles. The van der Waals surface area contributed by atoms with E-state index >= 15 is 0 Å². The van der Waals surface area contributed by atoms with E-state index in [0.717, 1.165) is 0 Å². The van der Waals surface area contributed by atoms with Gasteiger partial charge >= 0.3 is 11.9 Å². The fraction of sp³-hybridized carbons (Fsp3) is 0.800. The van der Waals surface area contributed by atoms with E-state index in [9.17, 15) is 14.7 Å². The quantitative estimate of drug-likeness (QED) is 0.500. The molecule has 4 atom stereocenters. The number of aliphatic hydroxyl groups is 1. The molecule has 0 aromatic rings. The average Bonchev–Trinajstić information content (AvgIpc) is 2.66. The molecule has 84 valence electrons. The van der Waals surface area contributed by atoms with Gasteiger partial charge in [0.15, 0.2) is 5.41 Å². The summed E-state index contributed by atoms with van der Waals surface area (Å²) in [4.78, 5) is 22.8. The highest BCUT2D eigenvalue weighted by molar-refractivity contribution is 6.01. The number of ether oxygens (including phenoxy) is 1. The van der Waals surface area contributed by atoms with E-state index in [1.165, 1.54) is 0 Å². The fourth-order valence-electron chi connectivity index (χ4n) is 2.91. The summed E-state index contributed by atoms with van der Waals surface area (Å²) in [5.74, 6) is -2.14. The van der Waals surface area contributed by atoms with Gasteiger partial charge in [0, 0.05) is 12.5 Å². The maximum atomic E-state index is 11.6. The first-order valence-electron chi connectivity index (χ1n) is 5.07. The largest absolute Gasteiger partial charge is 0.480 e. The van der Waals surface area contributed by atoms with E-state index in [4.69, 9.17) is 9.84 Å². The zero-order valence-electron chi connectivity index (χ0n) is 8.47. The van der Waals surface area contributed by atoms with Crippen LogP contribution in [0, 0.1) is 17.3 Å². The number of rotatable bonds is 2. The van der Waals surface area contributed by atoms with Gasteiger partial charge in [-0.2, -0.15) is 0 Å². The lowest BCUT2D eigenvalue weighted by molar-refractivity contribution is -0.161. The van der Waals surface area contributed by atoms with E-state index in [2.05, 4.69) is 0 Å². The number of aliphatic hydroxyl groups excluding tert-OH is 1. The lowest BCUT2D eigenvalue weighted by Gasteiger charge is -2.18. The summed E-state index contributed by atoms with van der Waals surface area (Å²) in [7, 11) is 0. The lowest BCUT2D eigenvalue weighted by Crippen LogP contribution is -2.38. The Labute approximate surface area is 87.0 Å². The number of carbonyl (C=O) groups excluding carboxylic acids is 1. The normalized spacial score (nSPS) is 43.9. The molecular weight excluding hydrogens is 200 g/mol. The maximum Gasteiger partial charge on any atom is 0.324 e. The van der Waals surface area contributed by atoms with Gasteiger partial charge in [-0.05, 0) is 25.7 Å². The Kier molecular flexibility index (Phi) is 2.22. The van der Waals surface area contributed by atoms with Crippen molar-refractivity contribution >= 4 is 11.9 Å². The van der Waals surface area contributed by atoms with Crippen LogP contribution in [0.1, 0.15) is 19.8 Å². The molecule has 0 radical (unpaired) electrons. The second-order valence-electron chi connectivity index (χ2n) is 4.48. The molecule has 1 saturated carbocycles. The van der Waals surface area contributed by atoms with Gasteiger partial charge in [0.2, 0.25) is 0 Å². The monoisotopic (exact) mass is 214 g/mol. The third kappa shape index (κ3) is 1.19. The van der Waals surface area contributed by atoms with Crippen molar-refractivity contribution in [1.29, 1.82) is 0 Å². The molecule has 2 fully saturated rings. The molecule has 2 rings (SSSR count). The van der Waals surface area contributed by atoms with Gasteiger partial charge in [-0.15, -0.1) is 0 Å². The van der Waals surface area contributed by atoms with Gasteiger partial charge in [0.05, 0.1) is 0 Å². The average molecular weight is 214 g/mol. The number of carbonyl (C=O) groups is 2. The topological polar surface area (TPSA) is 83.8 Å². The van der Waals surface area contributed by atoms with E-state index in [-0.39, 0.29) is 31.0 Å². The first-order chi connectivity index (χ1) is 7.02. The van der Waals surface area contributed by atoms with Crippen LogP contribution >= 0.6 is 0 Å². The fourth-order valence-corrected chi connectivity index (χ4v) is 2.91. The van der Waals surface area contributed by atoms with Gasteiger partial charge in [0.25, 0.3) is 0 Å². The Morgan fingerprint density at radius 2 is 2.33 bits per heavy atom. The van der Waals surface area contributed by atoms with Crippen molar-refractivity contribution in [3.05, 3.63) is 0 Å². The second-order valence-corrected chi connectivity index (χ2v) is 4.48. The molecule has 1 saturated heterocycles. The first-order valence-corrected chi connectivity index (χ1v) is 5.07. The summed E-state index contributed by atoms with van der Waals surface area (Å²) in [6, 6.07) is 0. The Morgan fingerprint density at radius 3 is 2.80 bits per heavy atom. The van der Waals surface area contributed by atoms with Crippen LogP contribution in [0.15, 0.2) is 0 Å². The Balaban J connectivity index is 2.37. The number of carboxylic acids is 1. The maximum absolute atomic E-state index is 11.6. The summed E-state index contributed by atoms with van der Waals surface area (Å²) >= 11 is 0. The molecule has 15 heavy (non-hydrogen) atoms. The molecule has 1 aliphatic heterocycles. The van der Waals surface area contributed by atoms with Crippen LogP contribution in [0.5, 0.6) is 0 Å². The van der Waals surface area contributed by atoms with Crippen molar-refractivity contribution in [2.45, 2.75) is 25.9 Å². The van der Waals surface area contributed by atoms with Crippen LogP contribution in [-0.2, 0) is 14.3 Å². The van der Waals surface area contributed by atoms with Crippen molar-refractivity contribution in [1.82, 2.24) is 0 Å². The van der Waals surface area contributed by atoms with Gasteiger partial charge in [-0.3, -0.25) is 9.59 Å². The van der Waals surface area contributed by atoms with Crippen molar-refractivity contribution in [2.24, 2.45) is 17.3 Å². The molecule has 0 spiro atoms. The minimum atomic E-state index is -1.40. The van der Waals surface area contributed by atoms with Crippen LogP contribution in [0.4, 0.5) is 0 Å². The second kappa shape index (κ2) is 3.20. The number of fused-ring (bicyclic) bond motifs is 1. The third-order valence-corrected chi connectivity index (χ3v) is 3.69. The summed E-state index contributed by atoms with van der Waals surface area (Å²) in [6.45, 7) is 1.65. The molecule has 5 nitrogen and oxygen atoms in total. The number of aliphatic carboxylic acids is 1. The number of esters is 1. The van der Waals surface area contributed by atoms with E-state index in [1.54, 1.807) is 6.92 Å². The highest BCUT2D eigenvalue weighted by atomic mass is 16.6. The predicted octanol–water partition coefficient (Wildman–Crippen LogP) is 0.0212. The first kappa shape index (κ1) is 10.4. The Bertz CT molecular complexity index is 313. The molecule has 2 N–H and O–H groups in total. The third-order valence-electron chi connectivity index (χ3n) is 3.69.